The zero-order valence-corrected chi connectivity index (χ0v) is 12.6. The van der Waals surface area contributed by atoms with Crippen molar-refractivity contribution < 1.29 is 4.79 Å². The Morgan fingerprint density at radius 2 is 2.11 bits per heavy atom. The van der Waals surface area contributed by atoms with Gasteiger partial charge >= 0.3 is 0 Å². The zero-order valence-electron chi connectivity index (χ0n) is 11.0. The summed E-state index contributed by atoms with van der Waals surface area (Å²) in [6, 6.07) is 5.78. The number of aryl methyl sites for hydroxylation is 1. The molecule has 0 fully saturated rings. The van der Waals surface area contributed by atoms with Crippen LogP contribution in [0.5, 0.6) is 0 Å². The molecule has 0 saturated heterocycles. The number of aromatic nitrogens is 2. The van der Waals surface area contributed by atoms with Crippen LogP contribution in [0.2, 0.25) is 0 Å². The number of hydrogen-bond donors (Lipinski definition) is 0. The van der Waals surface area contributed by atoms with E-state index in [9.17, 15) is 4.79 Å². The lowest BCUT2D eigenvalue weighted by atomic mass is 10.2. The molecule has 0 unspecified atom stereocenters. The SMILES string of the molecule is CN(CCc1ccncc1)C(=O)c1cc(Br)cn1C. The number of nitrogens with zero attached hydrogens (tertiary/aromatic N) is 3. The van der Waals surface area contributed by atoms with Crippen molar-refractivity contribution in [3.63, 3.8) is 0 Å². The molecule has 1 amide bonds. The maximum atomic E-state index is 12.3. The van der Waals surface area contributed by atoms with E-state index in [1.807, 2.05) is 43.1 Å². The molecule has 0 aliphatic rings. The van der Waals surface area contributed by atoms with Gasteiger partial charge in [0, 0.05) is 43.7 Å². The highest BCUT2D eigenvalue weighted by Crippen LogP contribution is 2.15. The lowest BCUT2D eigenvalue weighted by Crippen LogP contribution is -2.30. The van der Waals surface area contributed by atoms with Gasteiger partial charge in [-0.1, -0.05) is 0 Å². The van der Waals surface area contributed by atoms with Crippen LogP contribution in [0.4, 0.5) is 0 Å². The van der Waals surface area contributed by atoms with Crippen LogP contribution in [0.25, 0.3) is 0 Å². The summed E-state index contributed by atoms with van der Waals surface area (Å²) in [6.45, 7) is 0.686. The standard InChI is InChI=1S/C14H16BrN3O/c1-17(8-5-11-3-6-16-7-4-11)14(19)13-9-12(15)10-18(13)2/h3-4,6-7,9-10H,5,8H2,1-2H3. The van der Waals surface area contributed by atoms with E-state index in [0.717, 1.165) is 10.9 Å². The van der Waals surface area contributed by atoms with Gasteiger partial charge in [0.1, 0.15) is 5.69 Å². The zero-order chi connectivity index (χ0) is 13.8. The fourth-order valence-electron chi connectivity index (χ4n) is 1.88. The van der Waals surface area contributed by atoms with Gasteiger partial charge in [-0.25, -0.2) is 0 Å². The van der Waals surface area contributed by atoms with Crippen LogP contribution < -0.4 is 0 Å². The van der Waals surface area contributed by atoms with E-state index >= 15 is 0 Å². The molecular formula is C14H16BrN3O. The first-order chi connectivity index (χ1) is 9.08. The second-order valence-electron chi connectivity index (χ2n) is 4.49. The minimum atomic E-state index is 0.0299. The Morgan fingerprint density at radius 1 is 1.42 bits per heavy atom. The highest BCUT2D eigenvalue weighted by atomic mass is 79.9. The fraction of sp³-hybridized carbons (Fsp3) is 0.286. The normalized spacial score (nSPS) is 10.5. The summed E-state index contributed by atoms with van der Waals surface area (Å²) in [5.41, 5.74) is 1.87. The molecule has 2 heterocycles. The molecule has 0 aromatic carbocycles. The first-order valence-corrected chi connectivity index (χ1v) is 6.83. The van der Waals surface area contributed by atoms with Crippen LogP contribution in [0, 0.1) is 0 Å². The van der Waals surface area contributed by atoms with E-state index in [-0.39, 0.29) is 5.91 Å². The van der Waals surface area contributed by atoms with Crippen molar-refractivity contribution in [1.82, 2.24) is 14.5 Å². The van der Waals surface area contributed by atoms with Crippen molar-refractivity contribution in [2.24, 2.45) is 7.05 Å². The molecule has 0 atom stereocenters. The van der Waals surface area contributed by atoms with Gasteiger partial charge in [-0.2, -0.15) is 0 Å². The maximum absolute atomic E-state index is 12.3. The lowest BCUT2D eigenvalue weighted by Gasteiger charge is -2.17. The third-order valence-electron chi connectivity index (χ3n) is 3.02. The minimum Gasteiger partial charge on any atom is -0.345 e. The van der Waals surface area contributed by atoms with Crippen molar-refractivity contribution in [2.45, 2.75) is 6.42 Å². The number of carbonyl (C=O) groups is 1. The van der Waals surface area contributed by atoms with Gasteiger partial charge in [0.2, 0.25) is 0 Å². The largest absolute Gasteiger partial charge is 0.345 e. The van der Waals surface area contributed by atoms with E-state index < -0.39 is 0 Å². The highest BCUT2D eigenvalue weighted by molar-refractivity contribution is 9.10. The first-order valence-electron chi connectivity index (χ1n) is 6.04. The quantitative estimate of drug-likeness (QED) is 0.867. The Balaban J connectivity index is 1.98. The van der Waals surface area contributed by atoms with Crippen LogP contribution in [0.15, 0.2) is 41.3 Å². The molecule has 2 rings (SSSR count). The molecule has 19 heavy (non-hydrogen) atoms. The first kappa shape index (κ1) is 13.8. The summed E-state index contributed by atoms with van der Waals surface area (Å²) >= 11 is 3.38. The molecule has 4 nitrogen and oxygen atoms in total. The Kier molecular flexibility index (Phi) is 4.37. The molecule has 0 N–H and O–H groups in total. The number of halogens is 1. The molecule has 0 radical (unpaired) electrons. The number of hydrogen-bond acceptors (Lipinski definition) is 2. The van der Waals surface area contributed by atoms with Gasteiger partial charge in [-0.15, -0.1) is 0 Å². The summed E-state index contributed by atoms with van der Waals surface area (Å²) in [5.74, 6) is 0.0299. The number of rotatable bonds is 4. The topological polar surface area (TPSA) is 38.1 Å². The van der Waals surface area contributed by atoms with Crippen LogP contribution >= 0.6 is 15.9 Å². The molecule has 0 aliphatic carbocycles. The smallest absolute Gasteiger partial charge is 0.270 e. The number of amides is 1. The van der Waals surface area contributed by atoms with E-state index in [2.05, 4.69) is 20.9 Å². The second-order valence-corrected chi connectivity index (χ2v) is 5.40. The Bertz CT molecular complexity index is 565. The van der Waals surface area contributed by atoms with Crippen LogP contribution in [-0.4, -0.2) is 34.0 Å². The molecule has 0 spiro atoms. The molecule has 0 saturated carbocycles. The lowest BCUT2D eigenvalue weighted by molar-refractivity contribution is 0.0787. The molecule has 2 aromatic rings. The van der Waals surface area contributed by atoms with Crippen LogP contribution in [0.3, 0.4) is 0 Å². The summed E-state index contributed by atoms with van der Waals surface area (Å²) in [7, 11) is 3.69. The maximum Gasteiger partial charge on any atom is 0.270 e. The Labute approximate surface area is 121 Å². The van der Waals surface area contributed by atoms with Crippen LogP contribution in [0.1, 0.15) is 16.1 Å². The molecule has 2 aromatic heterocycles. The fourth-order valence-corrected chi connectivity index (χ4v) is 2.40. The summed E-state index contributed by atoms with van der Waals surface area (Å²) < 4.78 is 2.75. The molecule has 100 valence electrons. The van der Waals surface area contributed by atoms with Crippen molar-refractivity contribution in [3.05, 3.63) is 52.5 Å². The Hall–Kier alpha value is -1.62. The van der Waals surface area contributed by atoms with Crippen molar-refractivity contribution >= 4 is 21.8 Å². The van der Waals surface area contributed by atoms with Crippen molar-refractivity contribution in [3.8, 4) is 0 Å². The minimum absolute atomic E-state index is 0.0299. The molecular weight excluding hydrogens is 306 g/mol. The van der Waals surface area contributed by atoms with Crippen molar-refractivity contribution in [2.75, 3.05) is 13.6 Å². The van der Waals surface area contributed by atoms with Gasteiger partial charge in [0.05, 0.1) is 0 Å². The van der Waals surface area contributed by atoms with Gasteiger partial charge in [-0.05, 0) is 46.1 Å². The summed E-state index contributed by atoms with van der Waals surface area (Å²) in [4.78, 5) is 18.0. The van der Waals surface area contributed by atoms with E-state index in [4.69, 9.17) is 0 Å². The summed E-state index contributed by atoms with van der Waals surface area (Å²) in [5, 5.41) is 0. The highest BCUT2D eigenvalue weighted by Gasteiger charge is 2.15. The number of likely N-dealkylation sites (N-methyl/N-ethyl adjacent to an activating group) is 1. The third kappa shape index (κ3) is 3.44. The average Bonchev–Trinajstić information content (AvgIpc) is 2.75. The van der Waals surface area contributed by atoms with E-state index in [0.29, 0.717) is 12.2 Å². The Morgan fingerprint density at radius 3 is 2.68 bits per heavy atom. The predicted molar refractivity (Wildman–Crippen MR) is 78.0 cm³/mol. The number of carbonyl (C=O) groups excluding carboxylic acids is 1. The molecule has 0 bridgehead atoms. The van der Waals surface area contributed by atoms with Crippen molar-refractivity contribution in [1.29, 1.82) is 0 Å². The van der Waals surface area contributed by atoms with Gasteiger partial charge in [0.25, 0.3) is 5.91 Å². The average molecular weight is 322 g/mol. The van der Waals surface area contributed by atoms with Gasteiger partial charge < -0.3 is 9.47 Å². The van der Waals surface area contributed by atoms with Crippen LogP contribution in [-0.2, 0) is 13.5 Å². The third-order valence-corrected chi connectivity index (χ3v) is 3.46. The second kappa shape index (κ2) is 6.02. The van der Waals surface area contributed by atoms with E-state index in [1.165, 1.54) is 5.56 Å². The van der Waals surface area contributed by atoms with Gasteiger partial charge in [-0.3, -0.25) is 9.78 Å². The summed E-state index contributed by atoms with van der Waals surface area (Å²) in [6.07, 6.45) is 6.25. The van der Waals surface area contributed by atoms with E-state index in [1.54, 1.807) is 17.3 Å². The molecule has 5 heteroatoms. The number of pyridine rings is 1. The predicted octanol–water partition coefficient (Wildman–Crippen LogP) is 2.50. The monoisotopic (exact) mass is 321 g/mol. The molecule has 0 aliphatic heterocycles. The van der Waals surface area contributed by atoms with Gasteiger partial charge in [0.15, 0.2) is 0 Å².